The molecule has 8 nitrogen and oxygen atoms in total. The van der Waals surface area contributed by atoms with Gasteiger partial charge in [-0.25, -0.2) is 0 Å². The number of carbonyl (C=O) groups is 3. The Morgan fingerprint density at radius 3 is 2.23 bits per heavy atom. The van der Waals surface area contributed by atoms with Crippen LogP contribution < -0.4 is 20.7 Å². The molecule has 0 aliphatic carbocycles. The van der Waals surface area contributed by atoms with Crippen LogP contribution in [0.2, 0.25) is 0 Å². The van der Waals surface area contributed by atoms with Gasteiger partial charge in [-0.05, 0) is 61.7 Å². The Kier molecular flexibility index (Phi) is 10.7. The van der Waals surface area contributed by atoms with E-state index in [0.717, 1.165) is 11.1 Å². The van der Waals surface area contributed by atoms with Crippen molar-refractivity contribution in [3.63, 3.8) is 0 Å². The molecular weight excluding hydrogens is 492 g/mol. The molecule has 39 heavy (non-hydrogen) atoms. The van der Waals surface area contributed by atoms with Gasteiger partial charge in [-0.3, -0.25) is 19.3 Å². The topological polar surface area (TPSA) is 99.8 Å². The summed E-state index contributed by atoms with van der Waals surface area (Å²) >= 11 is 0. The second-order valence-corrected chi connectivity index (χ2v) is 11.1. The molecule has 3 N–H and O–H groups in total. The van der Waals surface area contributed by atoms with Crippen LogP contribution in [0.25, 0.3) is 6.08 Å². The molecule has 2 aliphatic rings. The molecular formula is C31H42N4O4. The molecule has 0 radical (unpaired) electrons. The van der Waals surface area contributed by atoms with E-state index in [9.17, 15) is 14.4 Å². The quantitative estimate of drug-likeness (QED) is 0.482. The monoisotopic (exact) mass is 534 g/mol. The van der Waals surface area contributed by atoms with Gasteiger partial charge in [0.25, 0.3) is 0 Å². The molecule has 4 atom stereocenters. The van der Waals surface area contributed by atoms with Crippen LogP contribution in [0.3, 0.4) is 0 Å². The van der Waals surface area contributed by atoms with E-state index in [0.29, 0.717) is 18.6 Å². The minimum atomic E-state index is -1.03. The maximum atomic E-state index is 13.9. The van der Waals surface area contributed by atoms with Crippen molar-refractivity contribution >= 4 is 23.8 Å². The smallest absolute Gasteiger partial charge is 0.247 e. The molecule has 0 saturated heterocycles. The molecule has 2 heterocycles. The van der Waals surface area contributed by atoms with Gasteiger partial charge in [-0.1, -0.05) is 70.2 Å². The lowest BCUT2D eigenvalue weighted by Crippen LogP contribution is -2.62. The normalized spacial score (nSPS) is 21.6. The lowest BCUT2D eigenvalue weighted by atomic mass is 9.96. The summed E-state index contributed by atoms with van der Waals surface area (Å²) in [6.07, 6.45) is 3.60. The molecule has 2 aromatic carbocycles. The van der Waals surface area contributed by atoms with Crippen molar-refractivity contribution in [1.82, 2.24) is 20.9 Å². The standard InChI is InChI=1S/C31H42N4O4/c1-20(2)18-26(35(5)6)30(37)34-27-28(21(3)4)39-24-14-12-22(13-15-24)16-17-32-29(36)25(33-31(27)38)19-23-10-8-7-9-11-23/h7-17,20-21,25-28H,18-19H2,1-6H3,(H,32,36)(H,33,38)(H,34,37)/b17-16-/t25-,26-,27-,28-/m0/s1. The Morgan fingerprint density at radius 1 is 0.974 bits per heavy atom. The van der Waals surface area contributed by atoms with Gasteiger partial charge in [0.15, 0.2) is 0 Å². The third-order valence-corrected chi connectivity index (χ3v) is 6.76. The number of nitrogens with zero attached hydrogens (tertiary/aromatic N) is 1. The summed E-state index contributed by atoms with van der Waals surface area (Å²) in [6, 6.07) is 14.6. The number of rotatable bonds is 8. The molecule has 210 valence electrons. The largest absolute Gasteiger partial charge is 0.487 e. The highest BCUT2D eigenvalue weighted by Crippen LogP contribution is 2.21. The van der Waals surface area contributed by atoms with E-state index in [1.54, 1.807) is 12.3 Å². The van der Waals surface area contributed by atoms with Crippen LogP contribution in [0.15, 0.2) is 60.8 Å². The van der Waals surface area contributed by atoms with Gasteiger partial charge in [-0.2, -0.15) is 0 Å². The molecule has 2 aliphatic heterocycles. The molecule has 0 spiro atoms. The Morgan fingerprint density at radius 2 is 1.64 bits per heavy atom. The Bertz CT molecular complexity index is 1130. The summed E-state index contributed by atoms with van der Waals surface area (Å²) in [6.45, 7) is 8.01. The van der Waals surface area contributed by atoms with Gasteiger partial charge in [0.05, 0.1) is 6.04 Å². The number of fused-ring (bicyclic) bond motifs is 10. The van der Waals surface area contributed by atoms with Crippen molar-refractivity contribution in [2.24, 2.45) is 11.8 Å². The summed E-state index contributed by atoms with van der Waals surface area (Å²) in [5.41, 5.74) is 1.79. The summed E-state index contributed by atoms with van der Waals surface area (Å²) in [7, 11) is 3.71. The number of carbonyl (C=O) groups excluding carboxylic acids is 3. The Hall–Kier alpha value is -3.65. The lowest BCUT2D eigenvalue weighted by Gasteiger charge is -2.34. The third kappa shape index (κ3) is 8.68. The van der Waals surface area contributed by atoms with Crippen LogP contribution in [-0.4, -0.2) is 60.9 Å². The maximum Gasteiger partial charge on any atom is 0.247 e. The Balaban J connectivity index is 2.01. The molecule has 8 heteroatoms. The van der Waals surface area contributed by atoms with Crippen LogP contribution in [-0.2, 0) is 20.8 Å². The number of hydrogen-bond donors (Lipinski definition) is 3. The van der Waals surface area contributed by atoms with Gasteiger partial charge in [0.1, 0.15) is 23.9 Å². The van der Waals surface area contributed by atoms with Gasteiger partial charge in [-0.15, -0.1) is 0 Å². The molecule has 2 bridgehead atoms. The molecule has 0 unspecified atom stereocenters. The summed E-state index contributed by atoms with van der Waals surface area (Å²) in [4.78, 5) is 42.6. The second kappa shape index (κ2) is 13.9. The van der Waals surface area contributed by atoms with Crippen LogP contribution in [0.1, 0.15) is 45.2 Å². The first-order valence-corrected chi connectivity index (χ1v) is 13.6. The van der Waals surface area contributed by atoms with Crippen LogP contribution in [0, 0.1) is 11.8 Å². The summed E-state index contributed by atoms with van der Waals surface area (Å²) < 4.78 is 6.35. The van der Waals surface area contributed by atoms with Crippen molar-refractivity contribution in [1.29, 1.82) is 0 Å². The fraction of sp³-hybridized carbons (Fsp3) is 0.452. The zero-order valence-electron chi connectivity index (χ0n) is 23.8. The van der Waals surface area contributed by atoms with Crippen LogP contribution in [0.5, 0.6) is 5.75 Å². The first-order valence-electron chi connectivity index (χ1n) is 13.6. The molecule has 2 aromatic rings. The minimum Gasteiger partial charge on any atom is -0.487 e. The Labute approximate surface area is 232 Å². The molecule has 3 amide bonds. The summed E-state index contributed by atoms with van der Waals surface area (Å²) in [5, 5.41) is 8.71. The van der Waals surface area contributed by atoms with E-state index in [1.807, 2.05) is 87.4 Å². The first kappa shape index (κ1) is 29.9. The molecule has 4 rings (SSSR count). The van der Waals surface area contributed by atoms with Gasteiger partial charge in [0.2, 0.25) is 17.7 Å². The van der Waals surface area contributed by atoms with E-state index in [2.05, 4.69) is 29.8 Å². The van der Waals surface area contributed by atoms with Crippen molar-refractivity contribution in [2.75, 3.05) is 14.1 Å². The maximum absolute atomic E-state index is 13.9. The van der Waals surface area contributed by atoms with Crippen LogP contribution in [0.4, 0.5) is 0 Å². The number of ether oxygens (including phenoxy) is 1. The van der Waals surface area contributed by atoms with Gasteiger partial charge >= 0.3 is 0 Å². The van der Waals surface area contributed by atoms with Crippen LogP contribution >= 0.6 is 0 Å². The minimum absolute atomic E-state index is 0.127. The highest BCUT2D eigenvalue weighted by molar-refractivity contribution is 5.94. The van der Waals surface area contributed by atoms with E-state index < -0.39 is 30.1 Å². The predicted molar refractivity (Wildman–Crippen MR) is 154 cm³/mol. The first-order chi connectivity index (χ1) is 18.5. The van der Waals surface area contributed by atoms with Crippen molar-refractivity contribution in [3.8, 4) is 5.75 Å². The third-order valence-electron chi connectivity index (χ3n) is 6.76. The van der Waals surface area contributed by atoms with E-state index in [4.69, 9.17) is 4.74 Å². The van der Waals surface area contributed by atoms with Crippen molar-refractivity contribution < 1.29 is 19.1 Å². The van der Waals surface area contributed by atoms with Crippen molar-refractivity contribution in [2.45, 2.75) is 64.8 Å². The number of benzene rings is 2. The van der Waals surface area contributed by atoms with Crippen molar-refractivity contribution in [3.05, 3.63) is 71.9 Å². The molecule has 0 saturated carbocycles. The molecule has 0 fully saturated rings. The number of likely N-dealkylation sites (N-methyl/N-ethyl adjacent to an activating group) is 1. The summed E-state index contributed by atoms with van der Waals surface area (Å²) in [5.74, 6) is -0.341. The highest BCUT2D eigenvalue weighted by atomic mass is 16.5. The zero-order valence-corrected chi connectivity index (χ0v) is 23.8. The van der Waals surface area contributed by atoms with E-state index in [1.165, 1.54) is 0 Å². The van der Waals surface area contributed by atoms with E-state index >= 15 is 0 Å². The average Bonchev–Trinajstić information content (AvgIpc) is 2.89. The molecule has 0 aromatic heterocycles. The zero-order chi connectivity index (χ0) is 28.5. The van der Waals surface area contributed by atoms with Gasteiger partial charge in [0, 0.05) is 12.6 Å². The number of nitrogens with one attached hydrogen (secondary N) is 3. The van der Waals surface area contributed by atoms with Gasteiger partial charge < -0.3 is 20.7 Å². The SMILES string of the molecule is CC(C)C[C@@H](C(=O)N[C@@H]1C(=O)N[C@@H](Cc2ccccc2)C(=O)N/C=C\c2ccc(cc2)O[C@H]1C(C)C)N(C)C. The van der Waals surface area contributed by atoms with E-state index in [-0.39, 0.29) is 23.7 Å². The predicted octanol–water partition coefficient (Wildman–Crippen LogP) is 3.38. The fourth-order valence-electron chi connectivity index (χ4n) is 4.59. The lowest BCUT2D eigenvalue weighted by molar-refractivity contribution is -0.136. The highest BCUT2D eigenvalue weighted by Gasteiger charge is 2.38. The number of hydrogen-bond acceptors (Lipinski definition) is 5. The number of amides is 3. The average molecular weight is 535 g/mol. The fourth-order valence-corrected chi connectivity index (χ4v) is 4.59. The second-order valence-electron chi connectivity index (χ2n) is 11.1.